The number of hydrogen-bond acceptors (Lipinski definition) is 5. The lowest BCUT2D eigenvalue weighted by atomic mass is 9.95. The number of fused-ring (bicyclic) bond motifs is 9. The first-order valence-corrected chi connectivity index (χ1v) is 19.5. The molecule has 2 unspecified atom stereocenters. The van der Waals surface area contributed by atoms with Crippen LogP contribution in [0.3, 0.4) is 0 Å². The van der Waals surface area contributed by atoms with Crippen molar-refractivity contribution in [2.24, 2.45) is 0 Å². The number of nitrogens with zero attached hydrogens (tertiary/aromatic N) is 1. The fraction of sp³-hybridized carbons (Fsp3) is 0.0588. The minimum absolute atomic E-state index is 0.0812. The summed E-state index contributed by atoms with van der Waals surface area (Å²) in [6, 6.07) is 64.1. The van der Waals surface area contributed by atoms with Gasteiger partial charge in [-0.05, 0) is 58.7 Å². The van der Waals surface area contributed by atoms with Crippen LogP contribution in [0.1, 0.15) is 35.2 Å². The zero-order valence-electron chi connectivity index (χ0n) is 30.8. The summed E-state index contributed by atoms with van der Waals surface area (Å²) in [4.78, 5) is 0. The Morgan fingerprint density at radius 3 is 1.56 bits per heavy atom. The molecule has 1 aliphatic rings. The predicted octanol–water partition coefficient (Wildman–Crippen LogP) is 12.4. The van der Waals surface area contributed by atoms with Gasteiger partial charge >= 0.3 is 0 Å². The number of nitrogens with one attached hydrogen (secondary N) is 3. The summed E-state index contributed by atoms with van der Waals surface area (Å²) in [6.45, 7) is 0. The third-order valence-corrected chi connectivity index (χ3v) is 11.7. The topological polar surface area (TPSA) is 67.3 Å². The summed E-state index contributed by atoms with van der Waals surface area (Å²) >= 11 is 0. The number of hydrogen-bond donors (Lipinski definition) is 3. The molecule has 3 aromatic heterocycles. The van der Waals surface area contributed by atoms with Crippen molar-refractivity contribution in [3.8, 4) is 16.8 Å². The quantitative estimate of drug-likeness (QED) is 0.164. The number of para-hydroxylation sites is 3. The van der Waals surface area contributed by atoms with Crippen molar-refractivity contribution in [1.82, 2.24) is 20.5 Å². The van der Waals surface area contributed by atoms with Gasteiger partial charge in [0.05, 0.1) is 40.6 Å². The van der Waals surface area contributed by atoms with Crippen molar-refractivity contribution in [3.05, 3.63) is 199 Å². The second-order valence-corrected chi connectivity index (χ2v) is 14.9. The fourth-order valence-corrected chi connectivity index (χ4v) is 9.27. The maximum absolute atomic E-state index is 6.94. The Bertz CT molecular complexity index is 3210. The Morgan fingerprint density at radius 2 is 0.877 bits per heavy atom. The third kappa shape index (κ3) is 5.02. The molecule has 6 heteroatoms. The lowest BCUT2D eigenvalue weighted by Crippen LogP contribution is -2.54. The Hall–Kier alpha value is -6.96. The molecule has 0 spiro atoms. The lowest BCUT2D eigenvalue weighted by Gasteiger charge is -2.39. The molecule has 12 rings (SSSR count). The van der Waals surface area contributed by atoms with E-state index in [2.05, 4.69) is 203 Å². The summed E-state index contributed by atoms with van der Waals surface area (Å²) in [5.74, 6) is 0. The summed E-state index contributed by atoms with van der Waals surface area (Å²) in [5, 5.41) is 18.3. The molecule has 11 aromatic rings. The van der Waals surface area contributed by atoms with E-state index in [9.17, 15) is 0 Å². The van der Waals surface area contributed by atoms with Crippen LogP contribution >= 0.6 is 0 Å². The van der Waals surface area contributed by atoms with E-state index in [1.165, 1.54) is 21.9 Å². The van der Waals surface area contributed by atoms with E-state index in [0.717, 1.165) is 77.3 Å². The average Bonchev–Trinajstić information content (AvgIpc) is 3.97. The molecule has 1 fully saturated rings. The summed E-state index contributed by atoms with van der Waals surface area (Å²) < 4.78 is 16.0. The van der Waals surface area contributed by atoms with Crippen molar-refractivity contribution < 1.29 is 8.83 Å². The second-order valence-electron chi connectivity index (χ2n) is 14.9. The molecule has 4 heterocycles. The third-order valence-electron chi connectivity index (χ3n) is 11.7. The zero-order valence-corrected chi connectivity index (χ0v) is 30.8. The van der Waals surface area contributed by atoms with Gasteiger partial charge in [0.25, 0.3) is 0 Å². The highest BCUT2D eigenvalue weighted by molar-refractivity contribution is 6.20. The van der Waals surface area contributed by atoms with E-state index >= 15 is 0 Å². The van der Waals surface area contributed by atoms with Crippen molar-refractivity contribution in [2.45, 2.75) is 18.5 Å². The summed E-state index contributed by atoms with van der Waals surface area (Å²) in [6.07, 6.45) is -0.338. The SMILES string of the molecule is c1ccc(C2NC(c3ccccc3)NC(c3cccc4oc5c(-c6cccc7oc8cccc(-n9c%10ccccc%10c%10ccccc%109)c8c67)cccc5c34)N2)cc1. The van der Waals surface area contributed by atoms with E-state index in [4.69, 9.17) is 8.83 Å². The largest absolute Gasteiger partial charge is 0.456 e. The molecule has 272 valence electrons. The van der Waals surface area contributed by atoms with Crippen LogP contribution < -0.4 is 16.0 Å². The molecular formula is C51H36N4O2. The Morgan fingerprint density at radius 1 is 0.368 bits per heavy atom. The van der Waals surface area contributed by atoms with Crippen LogP contribution in [-0.2, 0) is 0 Å². The number of aromatic nitrogens is 1. The monoisotopic (exact) mass is 736 g/mol. The Balaban J connectivity index is 1.06. The van der Waals surface area contributed by atoms with Crippen LogP contribution in [0.5, 0.6) is 0 Å². The zero-order chi connectivity index (χ0) is 37.5. The predicted molar refractivity (Wildman–Crippen MR) is 231 cm³/mol. The molecule has 6 nitrogen and oxygen atoms in total. The second kappa shape index (κ2) is 12.8. The molecular weight excluding hydrogens is 701 g/mol. The van der Waals surface area contributed by atoms with Gasteiger partial charge in [0.2, 0.25) is 0 Å². The molecule has 0 aliphatic carbocycles. The smallest absolute Gasteiger partial charge is 0.143 e. The van der Waals surface area contributed by atoms with E-state index in [1.807, 2.05) is 0 Å². The highest BCUT2D eigenvalue weighted by Gasteiger charge is 2.31. The molecule has 0 radical (unpaired) electrons. The minimum atomic E-state index is -0.176. The first-order valence-electron chi connectivity index (χ1n) is 19.5. The van der Waals surface area contributed by atoms with Gasteiger partial charge in [0.1, 0.15) is 22.3 Å². The molecule has 3 N–H and O–H groups in total. The normalized spacial score (nSPS) is 17.4. The van der Waals surface area contributed by atoms with Gasteiger partial charge in [0, 0.05) is 32.5 Å². The lowest BCUT2D eigenvalue weighted by molar-refractivity contribution is 0.204. The van der Waals surface area contributed by atoms with Crippen LogP contribution in [0.4, 0.5) is 0 Å². The maximum Gasteiger partial charge on any atom is 0.143 e. The van der Waals surface area contributed by atoms with Gasteiger partial charge in [-0.25, -0.2) is 0 Å². The Labute approximate surface area is 327 Å². The number of benzene rings is 8. The van der Waals surface area contributed by atoms with Crippen molar-refractivity contribution in [1.29, 1.82) is 0 Å². The average molecular weight is 737 g/mol. The van der Waals surface area contributed by atoms with Gasteiger partial charge in [-0.2, -0.15) is 0 Å². The number of rotatable bonds is 5. The van der Waals surface area contributed by atoms with Crippen LogP contribution in [0, 0.1) is 0 Å². The fourth-order valence-electron chi connectivity index (χ4n) is 9.27. The minimum Gasteiger partial charge on any atom is -0.456 e. The van der Waals surface area contributed by atoms with Gasteiger partial charge in [-0.15, -0.1) is 0 Å². The van der Waals surface area contributed by atoms with E-state index in [-0.39, 0.29) is 18.5 Å². The number of furan rings is 2. The van der Waals surface area contributed by atoms with Crippen LogP contribution in [0.25, 0.3) is 82.5 Å². The highest BCUT2D eigenvalue weighted by Crippen LogP contribution is 2.45. The first-order chi connectivity index (χ1) is 28.3. The molecule has 0 bridgehead atoms. The molecule has 0 saturated carbocycles. The molecule has 1 aliphatic heterocycles. The van der Waals surface area contributed by atoms with Crippen LogP contribution in [0.2, 0.25) is 0 Å². The van der Waals surface area contributed by atoms with Crippen molar-refractivity contribution in [3.63, 3.8) is 0 Å². The maximum atomic E-state index is 6.94. The Kier molecular flexibility index (Phi) is 7.25. The first kappa shape index (κ1) is 32.3. The molecule has 0 amide bonds. The van der Waals surface area contributed by atoms with Crippen molar-refractivity contribution in [2.75, 3.05) is 0 Å². The standard InChI is InChI=1S/C51H36N4O2/c1-3-15-31(16-4-1)49-52-50(32-17-5-2-6-18-32)54-51(53-49)38-24-13-28-42-45(38)37-23-11-22-36(48(37)57-42)35-21-12-29-43-46(35)47-41(27-14-30-44(47)56-43)55-39-25-9-7-19-33(39)34-20-8-10-26-40(34)55/h1-30,49-54H. The molecule has 57 heavy (non-hydrogen) atoms. The van der Waals surface area contributed by atoms with Crippen LogP contribution in [0.15, 0.2) is 191 Å². The highest BCUT2D eigenvalue weighted by atomic mass is 16.3. The molecule has 8 aromatic carbocycles. The van der Waals surface area contributed by atoms with E-state index in [1.54, 1.807) is 0 Å². The van der Waals surface area contributed by atoms with E-state index in [0.29, 0.717) is 0 Å². The van der Waals surface area contributed by atoms with Gasteiger partial charge in [0.15, 0.2) is 0 Å². The van der Waals surface area contributed by atoms with Gasteiger partial charge in [-0.3, -0.25) is 16.0 Å². The molecule has 1 saturated heterocycles. The van der Waals surface area contributed by atoms with Gasteiger partial charge in [-0.1, -0.05) is 146 Å². The van der Waals surface area contributed by atoms with Gasteiger partial charge < -0.3 is 13.4 Å². The van der Waals surface area contributed by atoms with E-state index < -0.39 is 0 Å². The van der Waals surface area contributed by atoms with Crippen LogP contribution in [-0.4, -0.2) is 4.57 Å². The van der Waals surface area contributed by atoms with Crippen molar-refractivity contribution >= 4 is 65.7 Å². The summed E-state index contributed by atoms with van der Waals surface area (Å²) in [7, 11) is 0. The molecule has 2 atom stereocenters. The summed E-state index contributed by atoms with van der Waals surface area (Å²) in [5.41, 5.74) is 12.4.